The van der Waals surface area contributed by atoms with E-state index in [-0.39, 0.29) is 0 Å². The van der Waals surface area contributed by atoms with Crippen LogP contribution in [0.15, 0.2) is 0 Å². The summed E-state index contributed by atoms with van der Waals surface area (Å²) in [6, 6.07) is 0. The molecule has 1 saturated heterocycles. The molecule has 1 aliphatic rings. The molecule has 0 aromatic heterocycles. The van der Waals surface area contributed by atoms with Crippen LogP contribution >= 0.6 is 24.4 Å². The van der Waals surface area contributed by atoms with Gasteiger partial charge in [-0.05, 0) is 37.3 Å². The lowest BCUT2D eigenvalue weighted by Crippen LogP contribution is -2.52. The molecule has 2 N–H and O–H groups in total. The second-order valence-electron chi connectivity index (χ2n) is 4.42. The van der Waals surface area contributed by atoms with Crippen LogP contribution in [0.1, 0.15) is 39.5 Å². The summed E-state index contributed by atoms with van der Waals surface area (Å²) in [6.07, 6.45) is 4.59. The summed E-state index contributed by atoms with van der Waals surface area (Å²) in [4.78, 5) is 0. The van der Waals surface area contributed by atoms with Gasteiger partial charge in [0.1, 0.15) is 0 Å². The van der Waals surface area contributed by atoms with Gasteiger partial charge in [-0.15, -0.1) is 0 Å². The largest absolute Gasteiger partial charge is 0.361 e. The van der Waals surface area contributed by atoms with Crippen molar-refractivity contribution in [2.45, 2.75) is 39.5 Å². The Bertz CT molecular complexity index is 283. The Labute approximate surface area is 121 Å². The molecule has 0 aliphatic carbocycles. The smallest absolute Gasteiger partial charge is 0.188 e. The van der Waals surface area contributed by atoms with Crippen LogP contribution in [0.2, 0.25) is 0 Å². The van der Waals surface area contributed by atoms with Crippen molar-refractivity contribution in [1.82, 2.24) is 20.7 Å². The molecule has 1 heterocycles. The number of hydrogen-bond acceptors (Lipinski definition) is 2. The predicted molar refractivity (Wildman–Crippen MR) is 84.4 cm³/mol. The summed E-state index contributed by atoms with van der Waals surface area (Å²) in [6.45, 7) is 8.03. The van der Waals surface area contributed by atoms with Crippen molar-refractivity contribution in [2.75, 3.05) is 26.2 Å². The van der Waals surface area contributed by atoms with Crippen molar-refractivity contribution in [2.24, 2.45) is 0 Å². The third kappa shape index (κ3) is 4.57. The van der Waals surface area contributed by atoms with Crippen molar-refractivity contribution in [3.63, 3.8) is 0 Å². The Morgan fingerprint density at radius 1 is 1.39 bits per heavy atom. The molecule has 0 bridgehead atoms. The first-order valence-corrected chi connectivity index (χ1v) is 7.63. The van der Waals surface area contributed by atoms with E-state index in [1.165, 1.54) is 6.42 Å². The molecule has 0 radical (unpaired) electrons. The van der Waals surface area contributed by atoms with Crippen LogP contribution in [-0.2, 0) is 0 Å². The van der Waals surface area contributed by atoms with Gasteiger partial charge >= 0.3 is 0 Å². The predicted octanol–water partition coefficient (Wildman–Crippen LogP) is 1.87. The van der Waals surface area contributed by atoms with Crippen molar-refractivity contribution in [3.8, 4) is 0 Å². The number of nitrogens with one attached hydrogen (secondary N) is 2. The van der Waals surface area contributed by atoms with Gasteiger partial charge in [-0.25, -0.2) is 0 Å². The first-order valence-electron chi connectivity index (χ1n) is 6.81. The summed E-state index contributed by atoms with van der Waals surface area (Å²) in [5.41, 5.74) is 0. The molecule has 0 unspecified atom stereocenters. The zero-order chi connectivity index (χ0) is 13.4. The zero-order valence-electron chi connectivity index (χ0n) is 11.4. The van der Waals surface area contributed by atoms with Crippen LogP contribution in [-0.4, -0.2) is 46.4 Å². The quantitative estimate of drug-likeness (QED) is 0.549. The molecule has 6 heteroatoms. The van der Waals surface area contributed by atoms with Gasteiger partial charge in [0, 0.05) is 19.6 Å². The highest BCUT2D eigenvalue weighted by atomic mass is 32.1. The van der Waals surface area contributed by atoms with E-state index in [0.29, 0.717) is 0 Å². The fraction of sp³-hybridized carbons (Fsp3) is 0.833. The maximum atomic E-state index is 5.48. The summed E-state index contributed by atoms with van der Waals surface area (Å²) in [5.74, 6) is 0. The molecular formula is C12H24N4S2. The maximum Gasteiger partial charge on any atom is 0.188 e. The van der Waals surface area contributed by atoms with Gasteiger partial charge in [0.25, 0.3) is 0 Å². The van der Waals surface area contributed by atoms with Crippen LogP contribution in [0, 0.1) is 0 Å². The minimum Gasteiger partial charge on any atom is -0.361 e. The lowest BCUT2D eigenvalue weighted by Gasteiger charge is -2.34. The lowest BCUT2D eigenvalue weighted by molar-refractivity contribution is 0.147. The standard InChI is InChI=1S/C12H24N4S2/c1-3-5-7-13-11(17)15(9-6-4-2)16-10-8-14-12(16)18/h3-10H2,1-2H3,(H,13,17)(H,14,18). The second kappa shape index (κ2) is 8.48. The van der Waals surface area contributed by atoms with Crippen LogP contribution in [0.3, 0.4) is 0 Å². The first-order chi connectivity index (χ1) is 8.70. The Hall–Kier alpha value is -0.620. The molecule has 18 heavy (non-hydrogen) atoms. The van der Waals surface area contributed by atoms with Crippen molar-refractivity contribution >= 4 is 34.7 Å². The average molecular weight is 288 g/mol. The van der Waals surface area contributed by atoms with Crippen LogP contribution in [0.5, 0.6) is 0 Å². The lowest BCUT2D eigenvalue weighted by atomic mass is 10.3. The molecule has 1 rings (SSSR count). The minimum absolute atomic E-state index is 0.783. The van der Waals surface area contributed by atoms with E-state index in [2.05, 4.69) is 34.5 Å². The SMILES string of the molecule is CCCCNC(=S)N(CCCC)N1CCNC1=S. The first kappa shape index (κ1) is 15.4. The van der Waals surface area contributed by atoms with Gasteiger partial charge in [-0.2, -0.15) is 0 Å². The summed E-state index contributed by atoms with van der Waals surface area (Å²) in [5, 5.41) is 12.3. The monoisotopic (exact) mass is 288 g/mol. The average Bonchev–Trinajstić information content (AvgIpc) is 2.77. The van der Waals surface area contributed by atoms with Crippen LogP contribution in [0.4, 0.5) is 0 Å². The van der Waals surface area contributed by atoms with Gasteiger partial charge in [0.2, 0.25) is 0 Å². The van der Waals surface area contributed by atoms with Crippen LogP contribution in [0.25, 0.3) is 0 Å². The second-order valence-corrected chi connectivity index (χ2v) is 5.19. The van der Waals surface area contributed by atoms with E-state index in [4.69, 9.17) is 24.4 Å². The zero-order valence-corrected chi connectivity index (χ0v) is 13.0. The number of thiocarbonyl (C=S) groups is 2. The highest BCUT2D eigenvalue weighted by Crippen LogP contribution is 2.07. The molecule has 4 nitrogen and oxygen atoms in total. The molecule has 0 aromatic carbocycles. The molecule has 0 spiro atoms. The number of hydrazine groups is 1. The van der Waals surface area contributed by atoms with Gasteiger partial charge in [-0.1, -0.05) is 26.7 Å². The Morgan fingerprint density at radius 3 is 2.67 bits per heavy atom. The topological polar surface area (TPSA) is 30.5 Å². The molecule has 0 amide bonds. The van der Waals surface area contributed by atoms with Crippen LogP contribution < -0.4 is 10.6 Å². The number of rotatable bonds is 7. The third-order valence-electron chi connectivity index (χ3n) is 2.89. The van der Waals surface area contributed by atoms with Gasteiger partial charge in [-0.3, -0.25) is 10.0 Å². The fourth-order valence-corrected chi connectivity index (χ4v) is 2.38. The van der Waals surface area contributed by atoms with Gasteiger partial charge in [0.15, 0.2) is 10.2 Å². The molecular weight excluding hydrogens is 264 g/mol. The Kier molecular flexibility index (Phi) is 7.27. The van der Waals surface area contributed by atoms with Crippen molar-refractivity contribution in [3.05, 3.63) is 0 Å². The number of nitrogens with zero attached hydrogens (tertiary/aromatic N) is 2. The third-order valence-corrected chi connectivity index (χ3v) is 3.60. The summed E-state index contributed by atoms with van der Waals surface area (Å²) >= 11 is 10.8. The van der Waals surface area contributed by atoms with Gasteiger partial charge in [0.05, 0.1) is 6.54 Å². The normalized spacial score (nSPS) is 14.6. The maximum absolute atomic E-state index is 5.48. The summed E-state index contributed by atoms with van der Waals surface area (Å²) in [7, 11) is 0. The highest BCUT2D eigenvalue weighted by molar-refractivity contribution is 7.80. The molecule has 0 atom stereocenters. The van der Waals surface area contributed by atoms with E-state index in [9.17, 15) is 0 Å². The van der Waals surface area contributed by atoms with E-state index in [0.717, 1.165) is 55.7 Å². The molecule has 104 valence electrons. The molecule has 0 aromatic rings. The highest BCUT2D eigenvalue weighted by Gasteiger charge is 2.24. The molecule has 1 fully saturated rings. The summed E-state index contributed by atoms with van der Waals surface area (Å²) < 4.78 is 0. The van der Waals surface area contributed by atoms with E-state index < -0.39 is 0 Å². The number of unbranched alkanes of at least 4 members (excludes halogenated alkanes) is 2. The minimum atomic E-state index is 0.783. The van der Waals surface area contributed by atoms with Crippen molar-refractivity contribution in [1.29, 1.82) is 0 Å². The Morgan fingerprint density at radius 2 is 2.11 bits per heavy atom. The fourth-order valence-electron chi connectivity index (χ4n) is 1.80. The number of hydrogen-bond donors (Lipinski definition) is 2. The molecule has 1 aliphatic heterocycles. The van der Waals surface area contributed by atoms with E-state index in [1.54, 1.807) is 0 Å². The Balaban J connectivity index is 2.53. The molecule has 0 saturated carbocycles. The van der Waals surface area contributed by atoms with Gasteiger partial charge < -0.3 is 10.6 Å². The van der Waals surface area contributed by atoms with Crippen molar-refractivity contribution < 1.29 is 0 Å². The van der Waals surface area contributed by atoms with E-state index >= 15 is 0 Å². The van der Waals surface area contributed by atoms with E-state index in [1.807, 2.05) is 0 Å².